The van der Waals surface area contributed by atoms with Gasteiger partial charge in [0.15, 0.2) is 0 Å². The zero-order chi connectivity index (χ0) is 11.5. The molecule has 0 radical (unpaired) electrons. The van der Waals surface area contributed by atoms with E-state index in [1.165, 1.54) is 0 Å². The summed E-state index contributed by atoms with van der Waals surface area (Å²) in [4.78, 5) is 17.0. The van der Waals surface area contributed by atoms with Crippen LogP contribution in [0.2, 0.25) is 0 Å². The van der Waals surface area contributed by atoms with Gasteiger partial charge >= 0.3 is 5.97 Å². The molecule has 1 rings (SSSR count). The summed E-state index contributed by atoms with van der Waals surface area (Å²) in [6, 6.07) is 0. The van der Waals surface area contributed by atoms with Gasteiger partial charge in [-0.2, -0.15) is 0 Å². The standard InChI is InChI=1S/C11H22N2O2/c1-11(2,3)10(14)15-13-6-4-5-9(7-12)8-13/h9H,4-8,12H2,1-3H3/t9-/m1/s1. The number of piperidine rings is 1. The van der Waals surface area contributed by atoms with Crippen LogP contribution in [0.1, 0.15) is 33.6 Å². The van der Waals surface area contributed by atoms with Crippen LogP contribution < -0.4 is 5.73 Å². The van der Waals surface area contributed by atoms with Crippen molar-refractivity contribution in [3.05, 3.63) is 0 Å². The van der Waals surface area contributed by atoms with Crippen molar-refractivity contribution in [3.8, 4) is 0 Å². The molecule has 0 aliphatic carbocycles. The van der Waals surface area contributed by atoms with E-state index in [1.807, 2.05) is 20.8 Å². The average Bonchev–Trinajstić information content (AvgIpc) is 2.16. The molecule has 15 heavy (non-hydrogen) atoms. The van der Waals surface area contributed by atoms with Gasteiger partial charge in [0.05, 0.1) is 5.41 Å². The summed E-state index contributed by atoms with van der Waals surface area (Å²) in [5.41, 5.74) is 5.18. The number of hydrogen-bond donors (Lipinski definition) is 1. The van der Waals surface area contributed by atoms with Crippen molar-refractivity contribution in [2.24, 2.45) is 17.1 Å². The third-order valence-corrected chi connectivity index (χ3v) is 2.64. The van der Waals surface area contributed by atoms with Gasteiger partial charge in [-0.1, -0.05) is 0 Å². The largest absolute Gasteiger partial charge is 0.367 e. The highest BCUT2D eigenvalue weighted by molar-refractivity contribution is 5.75. The first kappa shape index (κ1) is 12.5. The highest BCUT2D eigenvalue weighted by atomic mass is 16.7. The lowest BCUT2D eigenvalue weighted by Gasteiger charge is -2.32. The SMILES string of the molecule is CC(C)(C)C(=O)ON1CCC[C@H](CN)C1. The molecule has 88 valence electrons. The minimum absolute atomic E-state index is 0.167. The van der Waals surface area contributed by atoms with Gasteiger partial charge in [0, 0.05) is 13.1 Å². The maximum atomic E-state index is 11.6. The second kappa shape index (κ2) is 4.94. The van der Waals surface area contributed by atoms with E-state index in [9.17, 15) is 4.79 Å². The van der Waals surface area contributed by atoms with E-state index < -0.39 is 5.41 Å². The van der Waals surface area contributed by atoms with Gasteiger partial charge in [-0.05, 0) is 46.1 Å². The van der Waals surface area contributed by atoms with E-state index >= 15 is 0 Å². The van der Waals surface area contributed by atoms with Crippen molar-refractivity contribution in [2.45, 2.75) is 33.6 Å². The summed E-state index contributed by atoms with van der Waals surface area (Å²) in [5, 5.41) is 1.76. The molecule has 1 atom stereocenters. The fraction of sp³-hybridized carbons (Fsp3) is 0.909. The summed E-state index contributed by atoms with van der Waals surface area (Å²) in [6.45, 7) is 7.86. The van der Waals surface area contributed by atoms with Crippen LogP contribution in [-0.4, -0.2) is 30.7 Å². The fourth-order valence-corrected chi connectivity index (χ4v) is 1.56. The summed E-state index contributed by atoms with van der Waals surface area (Å²) in [5.74, 6) is 0.298. The Morgan fingerprint density at radius 2 is 2.20 bits per heavy atom. The number of nitrogens with zero attached hydrogens (tertiary/aromatic N) is 1. The Morgan fingerprint density at radius 3 is 2.73 bits per heavy atom. The number of hydrogen-bond acceptors (Lipinski definition) is 4. The van der Waals surface area contributed by atoms with E-state index in [-0.39, 0.29) is 5.97 Å². The van der Waals surface area contributed by atoms with Crippen LogP contribution in [0.4, 0.5) is 0 Å². The van der Waals surface area contributed by atoms with Crippen molar-refractivity contribution in [1.29, 1.82) is 0 Å². The predicted octanol–water partition coefficient (Wildman–Crippen LogP) is 1.16. The Kier molecular flexibility index (Phi) is 4.11. The van der Waals surface area contributed by atoms with Crippen molar-refractivity contribution in [3.63, 3.8) is 0 Å². The first-order valence-electron chi connectivity index (χ1n) is 5.61. The Balaban J connectivity index is 2.41. The molecule has 0 aromatic carbocycles. The molecule has 1 heterocycles. The molecule has 0 saturated carbocycles. The molecule has 4 nitrogen and oxygen atoms in total. The molecular formula is C11H22N2O2. The quantitative estimate of drug-likeness (QED) is 0.749. The van der Waals surface area contributed by atoms with Crippen molar-refractivity contribution in [1.82, 2.24) is 5.06 Å². The Morgan fingerprint density at radius 1 is 1.53 bits per heavy atom. The molecule has 0 unspecified atom stereocenters. The van der Waals surface area contributed by atoms with Crippen LogP contribution >= 0.6 is 0 Å². The normalized spacial score (nSPS) is 23.9. The maximum Gasteiger partial charge on any atom is 0.330 e. The summed E-state index contributed by atoms with van der Waals surface area (Å²) < 4.78 is 0. The molecule has 1 aliphatic rings. The van der Waals surface area contributed by atoms with E-state index in [0.29, 0.717) is 12.5 Å². The third-order valence-electron chi connectivity index (χ3n) is 2.64. The molecule has 0 aromatic rings. The zero-order valence-electron chi connectivity index (χ0n) is 9.95. The van der Waals surface area contributed by atoms with Crippen LogP contribution in [0.5, 0.6) is 0 Å². The summed E-state index contributed by atoms with van der Waals surface area (Å²) in [7, 11) is 0. The van der Waals surface area contributed by atoms with E-state index in [0.717, 1.165) is 25.9 Å². The summed E-state index contributed by atoms with van der Waals surface area (Å²) in [6.07, 6.45) is 2.19. The van der Waals surface area contributed by atoms with Gasteiger partial charge in [-0.3, -0.25) is 0 Å². The van der Waals surface area contributed by atoms with Crippen molar-refractivity contribution in [2.75, 3.05) is 19.6 Å². The van der Waals surface area contributed by atoms with E-state index in [4.69, 9.17) is 10.6 Å². The second-order valence-electron chi connectivity index (χ2n) is 5.26. The molecule has 0 bridgehead atoms. The number of nitrogens with two attached hydrogens (primary N) is 1. The monoisotopic (exact) mass is 214 g/mol. The summed E-state index contributed by atoms with van der Waals surface area (Å²) >= 11 is 0. The average molecular weight is 214 g/mol. The van der Waals surface area contributed by atoms with Crippen LogP contribution in [0, 0.1) is 11.3 Å². The van der Waals surface area contributed by atoms with Crippen LogP contribution in [0.25, 0.3) is 0 Å². The third kappa shape index (κ3) is 3.80. The Bertz CT molecular complexity index is 223. The van der Waals surface area contributed by atoms with Crippen molar-refractivity contribution < 1.29 is 9.63 Å². The molecular weight excluding hydrogens is 192 g/mol. The molecule has 0 aromatic heterocycles. The fourth-order valence-electron chi connectivity index (χ4n) is 1.56. The lowest BCUT2D eigenvalue weighted by atomic mass is 9.97. The molecule has 4 heteroatoms. The topological polar surface area (TPSA) is 55.6 Å². The van der Waals surface area contributed by atoms with E-state index in [1.54, 1.807) is 5.06 Å². The first-order valence-corrected chi connectivity index (χ1v) is 5.61. The second-order valence-corrected chi connectivity index (χ2v) is 5.26. The van der Waals surface area contributed by atoms with Gasteiger partial charge in [0.2, 0.25) is 0 Å². The van der Waals surface area contributed by atoms with Gasteiger partial charge in [-0.25, -0.2) is 4.79 Å². The van der Waals surface area contributed by atoms with Gasteiger partial charge in [0.25, 0.3) is 0 Å². The molecule has 0 amide bonds. The predicted molar refractivity (Wildman–Crippen MR) is 58.9 cm³/mol. The highest BCUT2D eigenvalue weighted by Gasteiger charge is 2.28. The number of rotatable bonds is 2. The molecule has 2 N–H and O–H groups in total. The van der Waals surface area contributed by atoms with Gasteiger partial charge in [0.1, 0.15) is 0 Å². The minimum atomic E-state index is -0.435. The molecule has 1 fully saturated rings. The molecule has 0 spiro atoms. The van der Waals surface area contributed by atoms with Crippen LogP contribution in [-0.2, 0) is 9.63 Å². The zero-order valence-corrected chi connectivity index (χ0v) is 9.95. The molecule has 1 aliphatic heterocycles. The number of carbonyl (C=O) groups is 1. The van der Waals surface area contributed by atoms with Crippen LogP contribution in [0.3, 0.4) is 0 Å². The number of hydroxylamine groups is 2. The van der Waals surface area contributed by atoms with Gasteiger partial charge in [-0.15, -0.1) is 5.06 Å². The first-order chi connectivity index (χ1) is 6.93. The maximum absolute atomic E-state index is 11.6. The highest BCUT2D eigenvalue weighted by Crippen LogP contribution is 2.20. The van der Waals surface area contributed by atoms with Crippen LogP contribution in [0.15, 0.2) is 0 Å². The number of carbonyl (C=O) groups excluding carboxylic acids is 1. The van der Waals surface area contributed by atoms with Crippen molar-refractivity contribution >= 4 is 5.97 Å². The minimum Gasteiger partial charge on any atom is -0.367 e. The Labute approximate surface area is 91.7 Å². The van der Waals surface area contributed by atoms with Gasteiger partial charge < -0.3 is 10.6 Å². The smallest absolute Gasteiger partial charge is 0.330 e. The van der Waals surface area contributed by atoms with E-state index in [2.05, 4.69) is 0 Å². The molecule has 1 saturated heterocycles. The lowest BCUT2D eigenvalue weighted by molar-refractivity contribution is -0.207. The Hall–Kier alpha value is -0.610. The lowest BCUT2D eigenvalue weighted by Crippen LogP contribution is -2.41.